The summed E-state index contributed by atoms with van der Waals surface area (Å²) in [5.41, 5.74) is 2.61. The molecule has 5 rings (SSSR count). The first kappa shape index (κ1) is 20.7. The zero-order chi connectivity index (χ0) is 23.1. The number of carboxylic acid groups (broad SMARTS) is 1. The number of methoxy groups -OCH3 is 1. The Morgan fingerprint density at radius 2 is 1.55 bits per heavy atom. The molecule has 9 heteroatoms. The number of carbonyl (C=O) groups excluding carboxylic acids is 2. The third-order valence-corrected chi connectivity index (χ3v) is 6.08. The van der Waals surface area contributed by atoms with Crippen LogP contribution in [0.4, 0.5) is 11.4 Å². The van der Waals surface area contributed by atoms with E-state index >= 15 is 0 Å². The monoisotopic (exact) mass is 446 g/mol. The molecule has 1 aromatic heterocycles. The second-order valence-electron chi connectivity index (χ2n) is 7.96. The van der Waals surface area contributed by atoms with Crippen molar-refractivity contribution < 1.29 is 24.2 Å². The van der Waals surface area contributed by atoms with Gasteiger partial charge in [-0.3, -0.25) is 9.59 Å². The lowest BCUT2D eigenvalue weighted by atomic mass is 10.0. The van der Waals surface area contributed by atoms with Gasteiger partial charge in [0.2, 0.25) is 5.91 Å². The van der Waals surface area contributed by atoms with Crippen molar-refractivity contribution in [3.63, 3.8) is 0 Å². The number of aromatic carboxylic acids is 1. The van der Waals surface area contributed by atoms with Crippen LogP contribution in [0.25, 0.3) is 5.69 Å². The molecule has 3 aromatic rings. The summed E-state index contributed by atoms with van der Waals surface area (Å²) in [4.78, 5) is 40.7. The Morgan fingerprint density at radius 3 is 2.12 bits per heavy atom. The maximum Gasteiger partial charge on any atom is 0.356 e. The first-order valence-electron chi connectivity index (χ1n) is 10.7. The Morgan fingerprint density at radius 1 is 0.909 bits per heavy atom. The molecule has 0 radical (unpaired) electrons. The van der Waals surface area contributed by atoms with Gasteiger partial charge in [-0.05, 0) is 61.4 Å². The highest BCUT2D eigenvalue weighted by Crippen LogP contribution is 2.31. The Labute approximate surface area is 189 Å². The number of aromatic nitrogens is 2. The summed E-state index contributed by atoms with van der Waals surface area (Å²) in [5, 5.41) is 13.9. The molecular weight excluding hydrogens is 424 g/mol. The summed E-state index contributed by atoms with van der Waals surface area (Å²) in [5.74, 6) is -0.745. The zero-order valence-corrected chi connectivity index (χ0v) is 18.0. The van der Waals surface area contributed by atoms with E-state index in [0.29, 0.717) is 48.6 Å². The lowest BCUT2D eigenvalue weighted by Crippen LogP contribution is -2.39. The van der Waals surface area contributed by atoms with Crippen LogP contribution in [-0.4, -0.2) is 52.9 Å². The summed E-state index contributed by atoms with van der Waals surface area (Å²) in [7, 11) is 1.56. The summed E-state index contributed by atoms with van der Waals surface area (Å²) in [6.45, 7) is 1.03. The summed E-state index contributed by atoms with van der Waals surface area (Å²) < 4.78 is 6.58. The molecule has 0 bridgehead atoms. The van der Waals surface area contributed by atoms with Crippen LogP contribution in [0.15, 0.2) is 48.5 Å². The highest BCUT2D eigenvalue weighted by atomic mass is 16.5. The largest absolute Gasteiger partial charge is 0.497 e. The van der Waals surface area contributed by atoms with Crippen molar-refractivity contribution in [3.8, 4) is 11.4 Å². The summed E-state index contributed by atoms with van der Waals surface area (Å²) in [6.07, 6.45) is 1.76. The number of hydrogen-bond donors (Lipinski definition) is 1. The van der Waals surface area contributed by atoms with Gasteiger partial charge in [-0.1, -0.05) is 0 Å². The van der Waals surface area contributed by atoms with E-state index < -0.39 is 5.97 Å². The van der Waals surface area contributed by atoms with Gasteiger partial charge in [0.05, 0.1) is 12.8 Å². The van der Waals surface area contributed by atoms with Crippen molar-refractivity contribution in [2.75, 3.05) is 30.0 Å². The fourth-order valence-corrected chi connectivity index (χ4v) is 4.42. The zero-order valence-electron chi connectivity index (χ0n) is 18.0. The van der Waals surface area contributed by atoms with Crippen LogP contribution >= 0.6 is 0 Å². The van der Waals surface area contributed by atoms with Gasteiger partial charge in [0.1, 0.15) is 11.4 Å². The molecule has 168 valence electrons. The minimum atomic E-state index is -1.17. The van der Waals surface area contributed by atoms with Crippen molar-refractivity contribution in [1.29, 1.82) is 0 Å². The van der Waals surface area contributed by atoms with E-state index in [9.17, 15) is 19.5 Å². The number of amides is 2. The molecular formula is C24H22N4O5. The van der Waals surface area contributed by atoms with Gasteiger partial charge in [0, 0.05) is 36.4 Å². The molecule has 9 nitrogen and oxygen atoms in total. The van der Waals surface area contributed by atoms with E-state index in [1.165, 1.54) is 4.68 Å². The Bertz CT molecular complexity index is 1250. The van der Waals surface area contributed by atoms with Gasteiger partial charge in [-0.15, -0.1) is 0 Å². The van der Waals surface area contributed by atoms with Crippen LogP contribution in [0.3, 0.4) is 0 Å². The predicted octanol–water partition coefficient (Wildman–Crippen LogP) is 2.91. The first-order valence-corrected chi connectivity index (χ1v) is 10.7. The van der Waals surface area contributed by atoms with Crippen LogP contribution in [0, 0.1) is 0 Å². The van der Waals surface area contributed by atoms with Crippen molar-refractivity contribution >= 4 is 29.2 Å². The van der Waals surface area contributed by atoms with Crippen LogP contribution < -0.4 is 14.5 Å². The van der Waals surface area contributed by atoms with E-state index in [2.05, 4.69) is 5.10 Å². The fourth-order valence-electron chi connectivity index (χ4n) is 4.42. The lowest BCUT2D eigenvalue weighted by molar-refractivity contribution is -0.117. The highest BCUT2D eigenvalue weighted by Gasteiger charge is 2.35. The van der Waals surface area contributed by atoms with Crippen molar-refractivity contribution in [2.45, 2.75) is 19.3 Å². The molecule has 0 unspecified atom stereocenters. The number of anilines is 2. The lowest BCUT2D eigenvalue weighted by Gasteiger charge is -2.28. The molecule has 2 aliphatic heterocycles. The van der Waals surface area contributed by atoms with Crippen molar-refractivity contribution in [2.24, 2.45) is 0 Å². The SMILES string of the molecule is COc1ccc(-n2nc(C(=O)O)c3c2C(=O)N(c2ccc(N4CCCC4=O)cc2)CC3)cc1. The average Bonchev–Trinajstić information content (AvgIpc) is 3.44. The molecule has 33 heavy (non-hydrogen) atoms. The Balaban J connectivity index is 1.51. The minimum absolute atomic E-state index is 0.103. The first-order chi connectivity index (χ1) is 16.0. The molecule has 1 fully saturated rings. The average molecular weight is 446 g/mol. The topological polar surface area (TPSA) is 105 Å². The van der Waals surface area contributed by atoms with Crippen molar-refractivity contribution in [3.05, 3.63) is 65.5 Å². The molecule has 0 saturated carbocycles. The molecule has 2 aromatic carbocycles. The van der Waals surface area contributed by atoms with E-state index in [-0.39, 0.29) is 23.2 Å². The molecule has 2 aliphatic rings. The number of nitrogens with zero attached hydrogens (tertiary/aromatic N) is 4. The molecule has 3 heterocycles. The third kappa shape index (κ3) is 3.51. The van der Waals surface area contributed by atoms with E-state index in [1.807, 2.05) is 24.3 Å². The minimum Gasteiger partial charge on any atom is -0.497 e. The van der Waals surface area contributed by atoms with Crippen molar-refractivity contribution in [1.82, 2.24) is 9.78 Å². The second kappa shape index (κ2) is 8.09. The number of hydrogen-bond acceptors (Lipinski definition) is 5. The summed E-state index contributed by atoms with van der Waals surface area (Å²) >= 11 is 0. The maximum absolute atomic E-state index is 13.5. The number of carbonyl (C=O) groups is 3. The van der Waals surface area contributed by atoms with Crippen LogP contribution in [-0.2, 0) is 11.2 Å². The number of rotatable bonds is 5. The quantitative estimate of drug-likeness (QED) is 0.646. The van der Waals surface area contributed by atoms with Gasteiger partial charge in [0.15, 0.2) is 5.69 Å². The van der Waals surface area contributed by atoms with Crippen LogP contribution in [0.2, 0.25) is 0 Å². The van der Waals surface area contributed by atoms with Gasteiger partial charge in [0.25, 0.3) is 5.91 Å². The van der Waals surface area contributed by atoms with Gasteiger partial charge in [-0.2, -0.15) is 5.10 Å². The van der Waals surface area contributed by atoms with E-state index in [4.69, 9.17) is 4.74 Å². The molecule has 1 saturated heterocycles. The third-order valence-electron chi connectivity index (χ3n) is 6.08. The highest BCUT2D eigenvalue weighted by molar-refractivity contribution is 6.09. The number of fused-ring (bicyclic) bond motifs is 1. The van der Waals surface area contributed by atoms with Gasteiger partial charge >= 0.3 is 5.97 Å². The Kier molecular flexibility index (Phi) is 5.08. The molecule has 0 atom stereocenters. The molecule has 2 amide bonds. The van der Waals surface area contributed by atoms with E-state index in [1.54, 1.807) is 41.2 Å². The normalized spacial score (nSPS) is 15.7. The van der Waals surface area contributed by atoms with E-state index in [0.717, 1.165) is 12.1 Å². The number of ether oxygens (including phenoxy) is 1. The summed E-state index contributed by atoms with van der Waals surface area (Å²) in [6, 6.07) is 14.2. The van der Waals surface area contributed by atoms with Gasteiger partial charge in [-0.25, -0.2) is 9.48 Å². The van der Waals surface area contributed by atoms with Crippen LogP contribution in [0.5, 0.6) is 5.75 Å². The smallest absolute Gasteiger partial charge is 0.356 e. The maximum atomic E-state index is 13.5. The second-order valence-corrected chi connectivity index (χ2v) is 7.96. The molecule has 0 spiro atoms. The number of benzene rings is 2. The number of carboxylic acids is 1. The standard InChI is InChI=1S/C24H22N4O5/c1-33-18-10-8-17(9-11-18)28-22-19(21(25-28)24(31)32)12-14-27(23(22)30)16-6-4-15(5-7-16)26-13-2-3-20(26)29/h4-11H,2-3,12-14H2,1H3,(H,31,32). The Hall–Kier alpha value is -4.14. The molecule has 1 N–H and O–H groups in total. The van der Waals surface area contributed by atoms with Crippen LogP contribution in [0.1, 0.15) is 39.4 Å². The van der Waals surface area contributed by atoms with Gasteiger partial charge < -0.3 is 19.6 Å². The molecule has 0 aliphatic carbocycles. The fraction of sp³-hybridized carbons (Fsp3) is 0.250. The predicted molar refractivity (Wildman–Crippen MR) is 120 cm³/mol.